The molecule has 0 fully saturated rings. The molecule has 1 N–H and O–H groups in total. The van der Waals surface area contributed by atoms with Crippen LogP contribution in [0.1, 0.15) is 11.1 Å². The van der Waals surface area contributed by atoms with E-state index >= 15 is 0 Å². The van der Waals surface area contributed by atoms with Crippen molar-refractivity contribution >= 4 is 10.0 Å². The van der Waals surface area contributed by atoms with Crippen molar-refractivity contribution in [3.63, 3.8) is 0 Å². The summed E-state index contributed by atoms with van der Waals surface area (Å²) in [4.78, 5) is 0. The molecule has 1 atom stereocenters. The molecule has 21 heavy (non-hydrogen) atoms. The van der Waals surface area contributed by atoms with Crippen LogP contribution in [0.3, 0.4) is 0 Å². The zero-order valence-electron chi connectivity index (χ0n) is 11.5. The van der Waals surface area contributed by atoms with E-state index in [1.54, 1.807) is 0 Å². The maximum Gasteiger partial charge on any atom is 0.216 e. The summed E-state index contributed by atoms with van der Waals surface area (Å²) < 4.78 is 32.8. The quantitative estimate of drug-likeness (QED) is 0.941. The molecule has 4 nitrogen and oxygen atoms in total. The van der Waals surface area contributed by atoms with Gasteiger partial charge in [-0.15, -0.1) is 0 Å². The Hall–Kier alpha value is -1.85. The Morgan fingerprint density at radius 2 is 1.76 bits per heavy atom. The Morgan fingerprint density at radius 1 is 1.05 bits per heavy atom. The van der Waals surface area contributed by atoms with Crippen LogP contribution in [0.15, 0.2) is 54.6 Å². The van der Waals surface area contributed by atoms with Gasteiger partial charge >= 0.3 is 0 Å². The van der Waals surface area contributed by atoms with Crippen LogP contribution in [0, 0.1) is 0 Å². The van der Waals surface area contributed by atoms with Crippen molar-refractivity contribution in [2.75, 3.05) is 6.61 Å². The second kappa shape index (κ2) is 5.87. The van der Waals surface area contributed by atoms with Crippen molar-refractivity contribution in [3.8, 4) is 5.75 Å². The topological polar surface area (TPSA) is 55.4 Å². The summed E-state index contributed by atoms with van der Waals surface area (Å²) in [5, 5.41) is 0. The van der Waals surface area contributed by atoms with Gasteiger partial charge in [0.05, 0.1) is 11.8 Å². The van der Waals surface area contributed by atoms with Gasteiger partial charge in [-0.05, 0) is 23.6 Å². The maximum absolute atomic E-state index is 12.2. The highest BCUT2D eigenvalue weighted by atomic mass is 32.2. The summed E-state index contributed by atoms with van der Waals surface area (Å²) in [6.07, 6.45) is 0.657. The fourth-order valence-electron chi connectivity index (χ4n) is 2.49. The molecule has 0 amide bonds. The molecule has 0 bridgehead atoms. The van der Waals surface area contributed by atoms with Crippen LogP contribution in [0.25, 0.3) is 0 Å². The highest BCUT2D eigenvalue weighted by Crippen LogP contribution is 2.24. The van der Waals surface area contributed by atoms with Crippen LogP contribution >= 0.6 is 0 Å². The molecule has 0 aliphatic carbocycles. The first-order valence-corrected chi connectivity index (χ1v) is 8.52. The lowest BCUT2D eigenvalue weighted by Crippen LogP contribution is -2.43. The summed E-state index contributed by atoms with van der Waals surface area (Å²) in [6, 6.07) is 16.7. The highest BCUT2D eigenvalue weighted by Gasteiger charge is 2.24. The molecule has 0 radical (unpaired) electrons. The molecule has 3 rings (SSSR count). The lowest BCUT2D eigenvalue weighted by Gasteiger charge is -2.25. The number of nitrogens with one attached hydrogen (secondary N) is 1. The Bertz CT molecular complexity index is 713. The summed E-state index contributed by atoms with van der Waals surface area (Å²) >= 11 is 0. The van der Waals surface area contributed by atoms with Crippen LogP contribution in [-0.4, -0.2) is 21.1 Å². The van der Waals surface area contributed by atoms with Crippen LogP contribution in [0.4, 0.5) is 0 Å². The number of para-hydroxylation sites is 1. The lowest BCUT2D eigenvalue weighted by atomic mass is 10.0. The summed E-state index contributed by atoms with van der Waals surface area (Å²) in [7, 11) is -3.37. The Kier molecular flexibility index (Phi) is 3.94. The fourth-order valence-corrected chi connectivity index (χ4v) is 3.87. The first-order chi connectivity index (χ1) is 10.1. The van der Waals surface area contributed by atoms with Crippen molar-refractivity contribution in [3.05, 3.63) is 65.7 Å². The number of rotatable bonds is 4. The maximum atomic E-state index is 12.2. The van der Waals surface area contributed by atoms with Gasteiger partial charge in [0.2, 0.25) is 10.0 Å². The minimum Gasteiger partial charge on any atom is -0.492 e. The first kappa shape index (κ1) is 14.1. The molecule has 0 aromatic heterocycles. The third-order valence-corrected chi connectivity index (χ3v) is 4.83. The molecule has 2 aromatic carbocycles. The van der Waals surface area contributed by atoms with Crippen LogP contribution in [0.5, 0.6) is 5.75 Å². The number of hydrogen-bond acceptors (Lipinski definition) is 3. The van der Waals surface area contributed by atoms with Crippen LogP contribution < -0.4 is 9.46 Å². The van der Waals surface area contributed by atoms with Gasteiger partial charge < -0.3 is 4.74 Å². The normalized spacial score (nSPS) is 17.8. The predicted octanol–water partition coefficient (Wildman–Crippen LogP) is 2.11. The van der Waals surface area contributed by atoms with Gasteiger partial charge in [-0.1, -0.05) is 48.5 Å². The second-order valence-electron chi connectivity index (χ2n) is 5.18. The predicted molar refractivity (Wildman–Crippen MR) is 81.6 cm³/mol. The largest absolute Gasteiger partial charge is 0.492 e. The fraction of sp³-hybridized carbons (Fsp3) is 0.250. The van der Waals surface area contributed by atoms with E-state index < -0.39 is 10.0 Å². The minimum absolute atomic E-state index is 0.00795. The Morgan fingerprint density at radius 3 is 2.57 bits per heavy atom. The molecule has 1 aliphatic heterocycles. The van der Waals surface area contributed by atoms with Gasteiger partial charge in [-0.25, -0.2) is 13.1 Å². The highest BCUT2D eigenvalue weighted by molar-refractivity contribution is 7.88. The van der Waals surface area contributed by atoms with E-state index in [1.165, 1.54) is 0 Å². The summed E-state index contributed by atoms with van der Waals surface area (Å²) in [5.41, 5.74) is 1.82. The van der Waals surface area contributed by atoms with Gasteiger partial charge in [0.15, 0.2) is 0 Å². The molecule has 2 aromatic rings. The molecule has 0 saturated carbocycles. The Labute approximate surface area is 124 Å². The van der Waals surface area contributed by atoms with Crippen LogP contribution in [-0.2, 0) is 22.2 Å². The van der Waals surface area contributed by atoms with E-state index in [9.17, 15) is 8.42 Å². The molecular formula is C16H17NO3S. The molecule has 110 valence electrons. The van der Waals surface area contributed by atoms with Gasteiger partial charge in [-0.2, -0.15) is 0 Å². The first-order valence-electron chi connectivity index (χ1n) is 6.87. The van der Waals surface area contributed by atoms with E-state index in [4.69, 9.17) is 4.74 Å². The SMILES string of the molecule is O=S(=O)(Cc1ccccc1)N[C@@H]1COc2ccccc2C1. The van der Waals surface area contributed by atoms with E-state index in [1.807, 2.05) is 54.6 Å². The van der Waals surface area contributed by atoms with Crippen LogP contribution in [0.2, 0.25) is 0 Å². The molecule has 1 aliphatic rings. The number of sulfonamides is 1. The van der Waals surface area contributed by atoms with E-state index in [-0.39, 0.29) is 11.8 Å². The number of hydrogen-bond donors (Lipinski definition) is 1. The zero-order chi connectivity index (χ0) is 14.7. The van der Waals surface area contributed by atoms with E-state index in [2.05, 4.69) is 4.72 Å². The molecule has 0 unspecified atom stereocenters. The van der Waals surface area contributed by atoms with Gasteiger partial charge in [0.25, 0.3) is 0 Å². The minimum atomic E-state index is -3.37. The van der Waals surface area contributed by atoms with E-state index in [0.717, 1.165) is 16.9 Å². The molecular weight excluding hydrogens is 286 g/mol. The van der Waals surface area contributed by atoms with Crippen molar-refractivity contribution in [1.82, 2.24) is 4.72 Å². The molecule has 0 spiro atoms. The average molecular weight is 303 g/mol. The van der Waals surface area contributed by atoms with Crippen molar-refractivity contribution < 1.29 is 13.2 Å². The average Bonchev–Trinajstić information content (AvgIpc) is 2.47. The number of ether oxygens (including phenoxy) is 1. The van der Waals surface area contributed by atoms with Gasteiger partial charge in [0.1, 0.15) is 12.4 Å². The van der Waals surface area contributed by atoms with Crippen molar-refractivity contribution in [1.29, 1.82) is 0 Å². The second-order valence-corrected chi connectivity index (χ2v) is 6.94. The lowest BCUT2D eigenvalue weighted by molar-refractivity contribution is 0.254. The number of benzene rings is 2. The third-order valence-electron chi connectivity index (χ3n) is 3.42. The number of fused-ring (bicyclic) bond motifs is 1. The molecule has 0 saturated heterocycles. The van der Waals surface area contributed by atoms with E-state index in [0.29, 0.717) is 13.0 Å². The zero-order valence-corrected chi connectivity index (χ0v) is 12.3. The van der Waals surface area contributed by atoms with Gasteiger partial charge in [0, 0.05) is 0 Å². The van der Waals surface area contributed by atoms with Crippen molar-refractivity contribution in [2.45, 2.75) is 18.2 Å². The van der Waals surface area contributed by atoms with Gasteiger partial charge in [-0.3, -0.25) is 0 Å². The summed E-state index contributed by atoms with van der Waals surface area (Å²) in [6.45, 7) is 0.366. The monoisotopic (exact) mass is 303 g/mol. The van der Waals surface area contributed by atoms with Crippen molar-refractivity contribution in [2.24, 2.45) is 0 Å². The third kappa shape index (κ3) is 3.62. The summed E-state index contributed by atoms with van der Waals surface area (Å²) in [5.74, 6) is 0.836. The molecule has 1 heterocycles. The standard InChI is InChI=1S/C16H17NO3S/c18-21(19,12-13-6-2-1-3-7-13)17-15-10-14-8-4-5-9-16(14)20-11-15/h1-9,15,17H,10-12H2/t15-/m0/s1. The smallest absolute Gasteiger partial charge is 0.216 e. The Balaban J connectivity index is 1.67. The molecule has 5 heteroatoms.